The second-order valence-corrected chi connectivity index (χ2v) is 33.8. The van der Waals surface area contributed by atoms with Crippen LogP contribution in [0.25, 0.3) is 87.0 Å². The van der Waals surface area contributed by atoms with Gasteiger partial charge in [0.25, 0.3) is 5.89 Å². The van der Waals surface area contributed by atoms with Crippen LogP contribution in [0, 0.1) is 40.7 Å². The monoisotopic (exact) mass is 1760 g/mol. The molecular weight excluding hydrogens is 1690 g/mol. The summed E-state index contributed by atoms with van der Waals surface area (Å²) in [5, 5.41) is 73.2. The van der Waals surface area contributed by atoms with Gasteiger partial charge in [-0.3, -0.25) is 15.2 Å². The van der Waals surface area contributed by atoms with E-state index >= 15 is 0 Å². The van der Waals surface area contributed by atoms with Gasteiger partial charge in [0.1, 0.15) is 74.6 Å². The molecule has 0 unspecified atom stereocenters. The number of hydrogen-bond acceptors (Lipinski definition) is 29. The number of nitrogens with one attached hydrogen (secondary N) is 3. The summed E-state index contributed by atoms with van der Waals surface area (Å²) in [6.45, 7) is 10.5. The predicted molar refractivity (Wildman–Crippen MR) is 457 cm³/mol. The van der Waals surface area contributed by atoms with Crippen LogP contribution in [0.15, 0.2) is 176 Å². The molecule has 3 aromatic carbocycles. The third kappa shape index (κ3) is 16.1. The van der Waals surface area contributed by atoms with Crippen molar-refractivity contribution in [2.45, 2.75) is 95.3 Å². The minimum atomic E-state index is -0.448. The largest absolute Gasteiger partial charge is 0.403 e. The summed E-state index contributed by atoms with van der Waals surface area (Å²) in [4.78, 5) is 33.7. The van der Waals surface area contributed by atoms with Crippen molar-refractivity contribution in [1.29, 1.82) is 0 Å². The first-order valence-electron chi connectivity index (χ1n) is 40.8. The van der Waals surface area contributed by atoms with Crippen molar-refractivity contribution >= 4 is 85.9 Å². The Kier molecular flexibility index (Phi) is 22.1. The Bertz CT molecular complexity index is 6700. The highest BCUT2D eigenvalue weighted by Crippen LogP contribution is 2.44. The van der Waals surface area contributed by atoms with Crippen molar-refractivity contribution in [3.05, 3.63) is 240 Å². The Morgan fingerprint density at radius 3 is 1.32 bits per heavy atom. The lowest BCUT2D eigenvalue weighted by Crippen LogP contribution is -2.43. The molecule has 638 valence electrons. The highest BCUT2D eigenvalue weighted by molar-refractivity contribution is 7.18. The number of rotatable bonds is 16. The van der Waals surface area contributed by atoms with Gasteiger partial charge in [-0.05, 0) is 148 Å². The number of nitrogens with zero attached hydrogens (tertiary/aromatic N) is 28. The van der Waals surface area contributed by atoms with E-state index < -0.39 is 34.9 Å². The molecule has 0 amide bonds. The molecule has 15 aromatic heterocycles. The highest BCUT2D eigenvalue weighted by atomic mass is 32.1. The summed E-state index contributed by atoms with van der Waals surface area (Å²) in [7, 11) is 0. The molecule has 0 radical (unpaired) electrons. The van der Waals surface area contributed by atoms with E-state index in [1.807, 2.05) is 68.5 Å². The maximum absolute atomic E-state index is 14.5. The fraction of sp³-hybridized carbons (Fsp3) is 0.274. The second kappa shape index (κ2) is 34.6. The SMILES string of the molecule is CC(C)c1nnc(-c2cnn3ccc(N4CCC[C@@H]4c4cncc(F)c4)nc23)s1.Fc1ccc(F)c([C@H]2CCCN2c2ccn3ncc(-c4nnc(-c5ccn[nH]5)s4)c3n2)c1.Fc1ccc(F)c([C@H]2CCCN2c2ccn3ncc(-c4nnc(-c5cn[nH]c5)s4)c3n2)c1.Fc1ccc(F)c([C@H]2CCCN2c2ccn3ncc(-c4nnc(N5CCNCC5)o4)c3n2)c1. The number of fused-ring (bicyclic) bond motifs is 4. The van der Waals surface area contributed by atoms with E-state index in [2.05, 4.69) is 111 Å². The standard InChI is InChI=1S/C22H22F2N8O.2C21H16F2N8S.C20H20FN7S/c23-14-3-4-17(24)15(12-14)18-2-1-8-31(18)19-5-9-32-20(27-19)16(13-26-32)21-28-29-22(33-21)30-10-6-25-7-11-30;22-12-3-4-15(23)13(10-12)17-2-1-8-30(17)18-6-9-31-19(26-18)14(11-25-31)20-28-29-21(32-20)16-5-7-24-27-16;22-13-3-4-16(23)14(8-13)17-2-1-6-30(17)18-5-7-31-19(27-18)15(11-26-31)21-29-28-20(32-21)12-9-24-25-10-12;1-12(2)19-25-26-20(29-19)15-11-23-28-7-5-17(24-18(15)28)27-6-3-4-16(27)13-8-14(21)10-22-9-13/h3-5,9,12-13,18,25H,1-2,6-8,10-11H2;3-7,9-11,17H,1-2,8H2,(H,24,27);3-5,7-11,17H,1-2,6H2,(H,24,25);5,7-12,16H,3-4,6H2,1-2H3/t18-;2*17-;16-/m1111/s1. The summed E-state index contributed by atoms with van der Waals surface area (Å²) in [6.07, 6.45) is 29.0. The van der Waals surface area contributed by atoms with Crippen LogP contribution in [0.2, 0.25) is 0 Å². The third-order valence-corrected chi connectivity index (χ3v) is 25.9. The summed E-state index contributed by atoms with van der Waals surface area (Å²) in [5.41, 5.74) is 9.15. The average Bonchev–Trinajstić information content (AvgIpc) is 1.61. The first kappa shape index (κ1) is 80.4. The molecule has 5 aliphatic rings. The van der Waals surface area contributed by atoms with E-state index in [0.29, 0.717) is 109 Å². The number of aromatic nitrogens is 25. The summed E-state index contributed by atoms with van der Waals surface area (Å²) < 4.78 is 111. The number of aromatic amines is 2. The Balaban J connectivity index is 0.000000106. The Hall–Kier alpha value is -14.0. The normalized spacial score (nSPS) is 17.2. The Morgan fingerprint density at radius 1 is 0.413 bits per heavy atom. The zero-order valence-corrected chi connectivity index (χ0v) is 69.6. The van der Waals surface area contributed by atoms with Crippen LogP contribution in [0.3, 0.4) is 0 Å². The van der Waals surface area contributed by atoms with Crippen LogP contribution in [-0.2, 0) is 0 Å². The van der Waals surface area contributed by atoms with Crippen LogP contribution in [0.5, 0.6) is 0 Å². The quantitative estimate of drug-likeness (QED) is 0.0756. The van der Waals surface area contributed by atoms with Gasteiger partial charge in [0.2, 0.25) is 0 Å². The molecule has 20 heterocycles. The zero-order valence-electron chi connectivity index (χ0n) is 67.2. The number of hydrogen-bond donors (Lipinski definition) is 3. The van der Waals surface area contributed by atoms with E-state index in [-0.39, 0.29) is 30.0 Å². The van der Waals surface area contributed by atoms with Crippen molar-refractivity contribution in [2.24, 2.45) is 0 Å². The molecule has 5 fully saturated rings. The number of anilines is 5. The average molecular weight is 1760 g/mol. The van der Waals surface area contributed by atoms with Crippen molar-refractivity contribution in [2.75, 3.05) is 76.9 Å². The van der Waals surface area contributed by atoms with Crippen LogP contribution >= 0.6 is 34.0 Å². The first-order chi connectivity index (χ1) is 61.6. The summed E-state index contributed by atoms with van der Waals surface area (Å²) in [6, 6.07) is 21.3. The molecule has 5 aliphatic heterocycles. The smallest absolute Gasteiger partial charge is 0.318 e. The van der Waals surface area contributed by atoms with Gasteiger partial charge in [-0.15, -0.1) is 35.7 Å². The highest BCUT2D eigenvalue weighted by Gasteiger charge is 2.36. The van der Waals surface area contributed by atoms with E-state index in [1.54, 1.807) is 91.2 Å². The second-order valence-electron chi connectivity index (χ2n) is 30.8. The first-order valence-corrected chi connectivity index (χ1v) is 43.3. The van der Waals surface area contributed by atoms with Crippen molar-refractivity contribution in [3.8, 4) is 64.4 Å². The lowest BCUT2D eigenvalue weighted by Gasteiger charge is -2.26. The molecule has 18 aromatic rings. The molecule has 0 aliphatic carbocycles. The van der Waals surface area contributed by atoms with E-state index in [9.17, 15) is 30.7 Å². The van der Waals surface area contributed by atoms with Crippen LogP contribution < -0.4 is 29.8 Å². The van der Waals surface area contributed by atoms with Gasteiger partial charge in [0.15, 0.2) is 47.6 Å². The minimum Gasteiger partial charge on any atom is -0.403 e. The topological polar surface area (TPSA) is 335 Å². The molecule has 5 saturated heterocycles. The number of benzene rings is 3. The molecule has 42 heteroatoms. The zero-order chi connectivity index (χ0) is 85.6. The van der Waals surface area contributed by atoms with Gasteiger partial charge < -0.3 is 34.2 Å². The van der Waals surface area contributed by atoms with Gasteiger partial charge in [-0.25, -0.2) is 68.7 Å². The van der Waals surface area contributed by atoms with Crippen LogP contribution in [0.4, 0.5) is 60.0 Å². The van der Waals surface area contributed by atoms with Crippen molar-refractivity contribution in [1.82, 2.24) is 130 Å². The minimum absolute atomic E-state index is 0.0635. The van der Waals surface area contributed by atoms with E-state index in [4.69, 9.17) is 24.4 Å². The fourth-order valence-electron chi connectivity index (χ4n) is 16.6. The molecule has 0 bridgehead atoms. The van der Waals surface area contributed by atoms with Crippen LogP contribution in [0.1, 0.15) is 123 Å². The van der Waals surface area contributed by atoms with Gasteiger partial charge in [-0.1, -0.05) is 53.0 Å². The molecule has 4 atom stereocenters. The van der Waals surface area contributed by atoms with Crippen molar-refractivity contribution in [3.63, 3.8) is 0 Å². The molecule has 0 saturated carbocycles. The third-order valence-electron chi connectivity index (χ3n) is 22.7. The summed E-state index contributed by atoms with van der Waals surface area (Å²) >= 11 is 4.40. The van der Waals surface area contributed by atoms with Gasteiger partial charge in [-0.2, -0.15) is 30.6 Å². The van der Waals surface area contributed by atoms with E-state index in [1.165, 1.54) is 65.3 Å². The Labute approximate surface area is 723 Å². The molecular formula is C84H74F7N31OS3. The number of halogens is 7. The predicted octanol–water partition coefficient (Wildman–Crippen LogP) is 15.6. The maximum Gasteiger partial charge on any atom is 0.318 e. The molecule has 32 nitrogen and oxygen atoms in total. The number of piperazine rings is 1. The summed E-state index contributed by atoms with van der Waals surface area (Å²) in [5.74, 6) is 0.679. The molecule has 126 heavy (non-hydrogen) atoms. The van der Waals surface area contributed by atoms with Gasteiger partial charge in [0, 0.05) is 118 Å². The lowest BCUT2D eigenvalue weighted by atomic mass is 10.0. The Morgan fingerprint density at radius 2 is 0.857 bits per heavy atom. The maximum atomic E-state index is 14.5. The molecule has 23 rings (SSSR count). The molecule has 3 N–H and O–H groups in total. The number of H-pyrrole nitrogens is 2. The number of pyridine rings is 1. The van der Waals surface area contributed by atoms with Gasteiger partial charge in [0.05, 0.1) is 89.3 Å². The van der Waals surface area contributed by atoms with E-state index in [0.717, 1.165) is 162 Å². The van der Waals surface area contributed by atoms with Gasteiger partial charge >= 0.3 is 6.01 Å². The van der Waals surface area contributed by atoms with Crippen molar-refractivity contribution < 1.29 is 35.2 Å². The fourth-order valence-corrected chi connectivity index (χ4v) is 19.1. The molecule has 0 spiro atoms. The van der Waals surface area contributed by atoms with Crippen LogP contribution in [-0.4, -0.2) is 177 Å². The lowest BCUT2D eigenvalue weighted by molar-refractivity contribution is 0.505.